The molecule has 1 unspecified atom stereocenters. The molecule has 0 radical (unpaired) electrons. The van der Waals surface area contributed by atoms with Crippen molar-refractivity contribution in [3.8, 4) is 0 Å². The number of nitrogens with zero attached hydrogens (tertiary/aromatic N) is 2. The summed E-state index contributed by atoms with van der Waals surface area (Å²) >= 11 is 6.07. The van der Waals surface area contributed by atoms with Crippen molar-refractivity contribution in [1.82, 2.24) is 15.1 Å². The monoisotopic (exact) mass is 286 g/mol. The minimum atomic E-state index is -0.269. The molecule has 106 valence electrons. The number of rotatable bonds is 4. The van der Waals surface area contributed by atoms with Gasteiger partial charge in [0.15, 0.2) is 0 Å². The Morgan fingerprint density at radius 2 is 2.47 bits per heavy atom. The van der Waals surface area contributed by atoms with E-state index < -0.39 is 0 Å². The zero-order valence-corrected chi connectivity index (χ0v) is 11.9. The summed E-state index contributed by atoms with van der Waals surface area (Å²) in [6, 6.07) is 0.213. The second-order valence-corrected chi connectivity index (χ2v) is 5.20. The fourth-order valence-electron chi connectivity index (χ4n) is 1.92. The number of nitrogens with one attached hydrogen (secondary N) is 2. The van der Waals surface area contributed by atoms with Gasteiger partial charge >= 0.3 is 0 Å². The number of morpholine rings is 1. The minimum Gasteiger partial charge on any atom is -0.381 e. The van der Waals surface area contributed by atoms with E-state index in [1.165, 1.54) is 4.68 Å². The molecular formula is C12H19ClN4O2. The number of halogens is 1. The summed E-state index contributed by atoms with van der Waals surface area (Å²) in [7, 11) is 0. The predicted octanol–water partition coefficient (Wildman–Crippen LogP) is 0.878. The molecule has 0 amide bonds. The Labute approximate surface area is 117 Å². The first-order chi connectivity index (χ1) is 9.09. The van der Waals surface area contributed by atoms with Crippen molar-refractivity contribution in [2.24, 2.45) is 0 Å². The molecular weight excluding hydrogens is 268 g/mol. The Morgan fingerprint density at radius 1 is 1.68 bits per heavy atom. The van der Waals surface area contributed by atoms with Crippen molar-refractivity contribution in [1.29, 1.82) is 0 Å². The Bertz CT molecular complexity index is 483. The molecule has 1 atom stereocenters. The van der Waals surface area contributed by atoms with E-state index in [0.29, 0.717) is 18.8 Å². The van der Waals surface area contributed by atoms with Gasteiger partial charge in [-0.25, -0.2) is 4.68 Å². The summed E-state index contributed by atoms with van der Waals surface area (Å²) in [6.07, 6.45) is 1.59. The van der Waals surface area contributed by atoms with Gasteiger partial charge in [-0.2, -0.15) is 5.10 Å². The molecule has 0 bridgehead atoms. The van der Waals surface area contributed by atoms with Gasteiger partial charge < -0.3 is 15.4 Å². The summed E-state index contributed by atoms with van der Waals surface area (Å²) in [5.41, 5.74) is 0.297. The maximum atomic E-state index is 12.0. The van der Waals surface area contributed by atoms with E-state index in [-0.39, 0.29) is 22.7 Å². The third-order valence-corrected chi connectivity index (χ3v) is 3.34. The highest BCUT2D eigenvalue weighted by atomic mass is 35.5. The van der Waals surface area contributed by atoms with E-state index >= 15 is 0 Å². The van der Waals surface area contributed by atoms with Crippen LogP contribution in [0.25, 0.3) is 0 Å². The van der Waals surface area contributed by atoms with Crippen LogP contribution in [0.15, 0.2) is 11.0 Å². The molecule has 0 aliphatic carbocycles. The van der Waals surface area contributed by atoms with Gasteiger partial charge in [0.25, 0.3) is 5.56 Å². The lowest BCUT2D eigenvalue weighted by Gasteiger charge is -2.24. The average molecular weight is 287 g/mol. The fraction of sp³-hybridized carbons (Fsp3) is 0.667. The zero-order valence-electron chi connectivity index (χ0n) is 11.1. The van der Waals surface area contributed by atoms with Crippen molar-refractivity contribution in [2.45, 2.75) is 25.9 Å². The van der Waals surface area contributed by atoms with Crippen LogP contribution in [-0.2, 0) is 4.74 Å². The van der Waals surface area contributed by atoms with Crippen LogP contribution in [0.5, 0.6) is 0 Å². The first kappa shape index (κ1) is 14.3. The van der Waals surface area contributed by atoms with Gasteiger partial charge in [0.05, 0.1) is 31.1 Å². The summed E-state index contributed by atoms with van der Waals surface area (Å²) in [6.45, 7) is 6.66. The van der Waals surface area contributed by atoms with Crippen LogP contribution in [-0.4, -0.2) is 42.1 Å². The summed E-state index contributed by atoms with van der Waals surface area (Å²) in [4.78, 5) is 12.0. The van der Waals surface area contributed by atoms with Crippen LogP contribution in [0.4, 0.5) is 5.69 Å². The number of anilines is 1. The summed E-state index contributed by atoms with van der Waals surface area (Å²) in [5.74, 6) is 0. The Kier molecular flexibility index (Phi) is 4.79. The SMILES string of the molecule is CC(C)n1ncc(NCC2COCCN2)c(Cl)c1=O. The predicted molar refractivity (Wildman–Crippen MR) is 75.0 cm³/mol. The molecule has 1 aliphatic rings. The molecule has 6 nitrogen and oxygen atoms in total. The molecule has 2 heterocycles. The van der Waals surface area contributed by atoms with Crippen molar-refractivity contribution in [3.05, 3.63) is 21.6 Å². The van der Waals surface area contributed by atoms with Gasteiger partial charge in [-0.05, 0) is 13.8 Å². The topological polar surface area (TPSA) is 68.2 Å². The molecule has 2 N–H and O–H groups in total. The molecule has 1 aromatic heterocycles. The van der Waals surface area contributed by atoms with E-state index in [1.54, 1.807) is 6.20 Å². The second kappa shape index (κ2) is 6.36. The highest BCUT2D eigenvalue weighted by Crippen LogP contribution is 2.16. The van der Waals surface area contributed by atoms with Gasteiger partial charge in [0.1, 0.15) is 5.02 Å². The molecule has 1 aliphatic heterocycles. The quantitative estimate of drug-likeness (QED) is 0.860. The van der Waals surface area contributed by atoms with Crippen LogP contribution in [0, 0.1) is 0 Å². The van der Waals surface area contributed by atoms with E-state index in [2.05, 4.69) is 15.7 Å². The summed E-state index contributed by atoms with van der Waals surface area (Å²) < 4.78 is 6.73. The minimum absolute atomic E-state index is 0.00698. The van der Waals surface area contributed by atoms with Crippen LogP contribution in [0.1, 0.15) is 19.9 Å². The molecule has 0 aromatic carbocycles. The van der Waals surface area contributed by atoms with Gasteiger partial charge in [-0.15, -0.1) is 0 Å². The van der Waals surface area contributed by atoms with Crippen LogP contribution < -0.4 is 16.2 Å². The number of hydrogen-bond acceptors (Lipinski definition) is 5. The molecule has 1 saturated heterocycles. The van der Waals surface area contributed by atoms with E-state index in [4.69, 9.17) is 16.3 Å². The molecule has 2 rings (SSSR count). The molecule has 7 heteroatoms. The molecule has 0 saturated carbocycles. The first-order valence-electron chi connectivity index (χ1n) is 6.42. The lowest BCUT2D eigenvalue weighted by atomic mass is 10.2. The number of hydrogen-bond donors (Lipinski definition) is 2. The van der Waals surface area contributed by atoms with Gasteiger partial charge in [0, 0.05) is 19.1 Å². The van der Waals surface area contributed by atoms with Crippen molar-refractivity contribution < 1.29 is 4.74 Å². The lowest BCUT2D eigenvalue weighted by Crippen LogP contribution is -2.45. The standard InChI is InChI=1S/C12H19ClN4O2/c1-8(2)17-12(18)11(13)10(6-16-17)15-5-9-7-19-4-3-14-9/h6,8-9,14-15H,3-5,7H2,1-2H3. The van der Waals surface area contributed by atoms with E-state index in [9.17, 15) is 4.79 Å². The van der Waals surface area contributed by atoms with Crippen LogP contribution >= 0.6 is 11.6 Å². The lowest BCUT2D eigenvalue weighted by molar-refractivity contribution is 0.0806. The van der Waals surface area contributed by atoms with E-state index in [0.717, 1.165) is 13.2 Å². The van der Waals surface area contributed by atoms with Gasteiger partial charge in [-0.1, -0.05) is 11.6 Å². The fourth-order valence-corrected chi connectivity index (χ4v) is 2.12. The number of aromatic nitrogens is 2. The van der Waals surface area contributed by atoms with Crippen LogP contribution in [0.3, 0.4) is 0 Å². The summed E-state index contributed by atoms with van der Waals surface area (Å²) in [5, 5.41) is 10.7. The van der Waals surface area contributed by atoms with Gasteiger partial charge in [0.2, 0.25) is 0 Å². The maximum Gasteiger partial charge on any atom is 0.287 e. The molecule has 1 fully saturated rings. The Hall–Kier alpha value is -1.11. The molecule has 0 spiro atoms. The third kappa shape index (κ3) is 3.46. The average Bonchev–Trinajstić information content (AvgIpc) is 2.41. The highest BCUT2D eigenvalue weighted by molar-refractivity contribution is 6.32. The largest absolute Gasteiger partial charge is 0.381 e. The Morgan fingerprint density at radius 3 is 3.11 bits per heavy atom. The smallest absolute Gasteiger partial charge is 0.287 e. The van der Waals surface area contributed by atoms with Gasteiger partial charge in [-0.3, -0.25) is 4.79 Å². The maximum absolute atomic E-state index is 12.0. The molecule has 19 heavy (non-hydrogen) atoms. The normalized spacial score (nSPS) is 19.7. The van der Waals surface area contributed by atoms with Crippen molar-refractivity contribution >= 4 is 17.3 Å². The Balaban J connectivity index is 2.04. The van der Waals surface area contributed by atoms with Crippen molar-refractivity contribution in [3.63, 3.8) is 0 Å². The second-order valence-electron chi connectivity index (χ2n) is 4.82. The highest BCUT2D eigenvalue weighted by Gasteiger charge is 2.15. The zero-order chi connectivity index (χ0) is 13.8. The van der Waals surface area contributed by atoms with Crippen LogP contribution in [0.2, 0.25) is 5.02 Å². The first-order valence-corrected chi connectivity index (χ1v) is 6.79. The molecule has 1 aromatic rings. The third-order valence-electron chi connectivity index (χ3n) is 2.97. The van der Waals surface area contributed by atoms with E-state index in [1.807, 2.05) is 13.8 Å². The van der Waals surface area contributed by atoms with Crippen molar-refractivity contribution in [2.75, 3.05) is 31.6 Å². The number of ether oxygens (including phenoxy) is 1.